The van der Waals surface area contributed by atoms with Crippen molar-refractivity contribution in [3.8, 4) is 0 Å². The van der Waals surface area contributed by atoms with Gasteiger partial charge in [-0.05, 0) is 6.92 Å². The van der Waals surface area contributed by atoms with Crippen LogP contribution in [0, 0.1) is 12.7 Å². The number of hydrogen-bond acceptors (Lipinski definition) is 2. The van der Waals surface area contributed by atoms with Crippen molar-refractivity contribution >= 4 is 11.0 Å². The first-order valence-electron chi connectivity index (χ1n) is 4.62. The first-order valence-corrected chi connectivity index (χ1v) is 4.62. The molecule has 0 fully saturated rings. The van der Waals surface area contributed by atoms with Crippen LogP contribution in [-0.4, -0.2) is 14.5 Å². The molecule has 3 nitrogen and oxygen atoms in total. The van der Waals surface area contributed by atoms with E-state index in [1.54, 1.807) is 17.9 Å². The van der Waals surface area contributed by atoms with E-state index in [9.17, 15) is 4.39 Å². The summed E-state index contributed by atoms with van der Waals surface area (Å²) in [4.78, 5) is 7.91. The van der Waals surface area contributed by atoms with Crippen LogP contribution in [0.3, 0.4) is 0 Å². The second kappa shape index (κ2) is 4.17. The number of pyridine rings is 1. The highest BCUT2D eigenvalue weighted by molar-refractivity contribution is 5.77. The van der Waals surface area contributed by atoms with Crippen LogP contribution in [0.15, 0.2) is 12.5 Å². The summed E-state index contributed by atoms with van der Waals surface area (Å²) in [6, 6.07) is 0. The second-order valence-electron chi connectivity index (χ2n) is 2.74. The minimum atomic E-state index is -0.324. The van der Waals surface area contributed by atoms with E-state index in [0.717, 1.165) is 5.69 Å². The van der Waals surface area contributed by atoms with E-state index in [0.29, 0.717) is 11.0 Å². The molecule has 0 atom stereocenters. The second-order valence-corrected chi connectivity index (χ2v) is 2.74. The van der Waals surface area contributed by atoms with Gasteiger partial charge in [0.15, 0.2) is 5.82 Å². The fraction of sp³-hybridized carbons (Fsp3) is 0.400. The Kier molecular flexibility index (Phi) is 3.17. The van der Waals surface area contributed by atoms with Crippen LogP contribution in [0.5, 0.6) is 0 Å². The zero-order chi connectivity index (χ0) is 10.7. The summed E-state index contributed by atoms with van der Waals surface area (Å²) >= 11 is 0. The minimum absolute atomic E-state index is 0.324. The third-order valence-electron chi connectivity index (χ3n) is 1.88. The standard InChI is InChI=1S/C8H8FN3.C2H6/c1-5-7-8(6(9)3-10-5)12(2)4-11-7;1-2/h3-4H,1-2H3;1-2H3. The van der Waals surface area contributed by atoms with Crippen molar-refractivity contribution in [3.05, 3.63) is 24.0 Å². The van der Waals surface area contributed by atoms with Crippen LogP contribution in [0.25, 0.3) is 11.0 Å². The summed E-state index contributed by atoms with van der Waals surface area (Å²) < 4.78 is 14.8. The van der Waals surface area contributed by atoms with Gasteiger partial charge in [-0.1, -0.05) is 13.8 Å². The van der Waals surface area contributed by atoms with Crippen molar-refractivity contribution in [3.63, 3.8) is 0 Å². The average molecular weight is 195 g/mol. The maximum Gasteiger partial charge on any atom is 0.167 e. The molecule has 4 heteroatoms. The predicted octanol–water partition coefficient (Wildman–Crippen LogP) is 2.44. The molecule has 0 saturated carbocycles. The molecule has 2 rings (SSSR count). The molecular formula is C10H14FN3. The van der Waals surface area contributed by atoms with E-state index in [2.05, 4.69) is 9.97 Å². The molecular weight excluding hydrogens is 181 g/mol. The van der Waals surface area contributed by atoms with Crippen LogP contribution in [0.4, 0.5) is 4.39 Å². The Morgan fingerprint density at radius 1 is 1.29 bits per heavy atom. The van der Waals surface area contributed by atoms with Gasteiger partial charge in [-0.25, -0.2) is 9.37 Å². The number of aromatic nitrogens is 3. The van der Waals surface area contributed by atoms with E-state index < -0.39 is 0 Å². The average Bonchev–Trinajstić information content (AvgIpc) is 2.59. The Morgan fingerprint density at radius 3 is 2.50 bits per heavy atom. The predicted molar refractivity (Wildman–Crippen MR) is 54.6 cm³/mol. The molecule has 0 saturated heterocycles. The fourth-order valence-corrected chi connectivity index (χ4v) is 1.25. The Balaban J connectivity index is 0.000000461. The number of rotatable bonds is 0. The van der Waals surface area contributed by atoms with Gasteiger partial charge < -0.3 is 4.57 Å². The molecule has 0 unspecified atom stereocenters. The largest absolute Gasteiger partial charge is 0.331 e. The van der Waals surface area contributed by atoms with Crippen molar-refractivity contribution in [1.29, 1.82) is 0 Å². The molecule has 0 radical (unpaired) electrons. The third-order valence-corrected chi connectivity index (χ3v) is 1.88. The summed E-state index contributed by atoms with van der Waals surface area (Å²) in [7, 11) is 1.76. The molecule has 0 bridgehead atoms. The minimum Gasteiger partial charge on any atom is -0.331 e. The number of halogens is 1. The quantitative estimate of drug-likeness (QED) is 0.646. The Labute approximate surface area is 82.6 Å². The molecule has 0 spiro atoms. The van der Waals surface area contributed by atoms with Crippen molar-refractivity contribution in [2.45, 2.75) is 20.8 Å². The van der Waals surface area contributed by atoms with Crippen LogP contribution in [0.2, 0.25) is 0 Å². The molecule has 0 aliphatic carbocycles. The maximum absolute atomic E-state index is 13.1. The number of fused-ring (bicyclic) bond motifs is 1. The molecule has 0 amide bonds. The lowest BCUT2D eigenvalue weighted by molar-refractivity contribution is 0.625. The summed E-state index contributed by atoms with van der Waals surface area (Å²) in [5, 5.41) is 0. The topological polar surface area (TPSA) is 30.7 Å². The number of hydrogen-bond donors (Lipinski definition) is 0. The van der Waals surface area contributed by atoms with E-state index in [1.807, 2.05) is 20.8 Å². The van der Waals surface area contributed by atoms with Crippen LogP contribution in [-0.2, 0) is 7.05 Å². The lowest BCUT2D eigenvalue weighted by atomic mass is 10.3. The van der Waals surface area contributed by atoms with Crippen LogP contribution in [0.1, 0.15) is 19.5 Å². The fourth-order valence-electron chi connectivity index (χ4n) is 1.25. The van der Waals surface area contributed by atoms with Crippen molar-refractivity contribution in [1.82, 2.24) is 14.5 Å². The van der Waals surface area contributed by atoms with Gasteiger partial charge in [-0.2, -0.15) is 0 Å². The van der Waals surface area contributed by atoms with Gasteiger partial charge in [-0.3, -0.25) is 4.98 Å². The monoisotopic (exact) mass is 195 g/mol. The van der Waals surface area contributed by atoms with Crippen LogP contribution >= 0.6 is 0 Å². The molecule has 0 aromatic carbocycles. The normalized spacial score (nSPS) is 9.79. The third kappa shape index (κ3) is 1.60. The summed E-state index contributed by atoms with van der Waals surface area (Å²) in [5.74, 6) is -0.324. The summed E-state index contributed by atoms with van der Waals surface area (Å²) in [6.45, 7) is 5.81. The molecule has 0 N–H and O–H groups in total. The van der Waals surface area contributed by atoms with E-state index >= 15 is 0 Å². The van der Waals surface area contributed by atoms with E-state index in [1.165, 1.54) is 6.20 Å². The smallest absolute Gasteiger partial charge is 0.167 e. The van der Waals surface area contributed by atoms with Gasteiger partial charge in [0.25, 0.3) is 0 Å². The lowest BCUT2D eigenvalue weighted by Gasteiger charge is -1.97. The van der Waals surface area contributed by atoms with Gasteiger partial charge in [0, 0.05) is 7.05 Å². The van der Waals surface area contributed by atoms with E-state index in [4.69, 9.17) is 0 Å². The highest BCUT2D eigenvalue weighted by Gasteiger charge is 2.08. The summed E-state index contributed by atoms with van der Waals surface area (Å²) in [5.41, 5.74) is 1.91. The van der Waals surface area contributed by atoms with Gasteiger partial charge in [-0.15, -0.1) is 0 Å². The number of imidazole rings is 1. The Hall–Kier alpha value is -1.45. The SMILES string of the molecule is CC.Cc1ncc(F)c2c1ncn2C. The zero-order valence-electron chi connectivity index (χ0n) is 8.87. The molecule has 2 aromatic heterocycles. The number of nitrogens with zero attached hydrogens (tertiary/aromatic N) is 3. The molecule has 0 aliphatic rings. The van der Waals surface area contributed by atoms with Crippen molar-refractivity contribution < 1.29 is 4.39 Å². The molecule has 14 heavy (non-hydrogen) atoms. The van der Waals surface area contributed by atoms with Crippen LogP contribution < -0.4 is 0 Å². The molecule has 76 valence electrons. The van der Waals surface area contributed by atoms with Gasteiger partial charge in [0.2, 0.25) is 0 Å². The molecule has 0 aliphatic heterocycles. The maximum atomic E-state index is 13.1. The van der Waals surface area contributed by atoms with Crippen molar-refractivity contribution in [2.24, 2.45) is 7.05 Å². The lowest BCUT2D eigenvalue weighted by Crippen LogP contribution is -1.91. The Morgan fingerprint density at radius 2 is 1.93 bits per heavy atom. The first kappa shape index (κ1) is 10.6. The van der Waals surface area contributed by atoms with Gasteiger partial charge >= 0.3 is 0 Å². The highest BCUT2D eigenvalue weighted by atomic mass is 19.1. The Bertz CT molecular complexity index is 434. The van der Waals surface area contributed by atoms with E-state index in [-0.39, 0.29) is 5.82 Å². The van der Waals surface area contributed by atoms with Gasteiger partial charge in [0.1, 0.15) is 11.0 Å². The summed E-state index contributed by atoms with van der Waals surface area (Å²) in [6.07, 6.45) is 2.81. The number of aryl methyl sites for hydroxylation is 2. The zero-order valence-corrected chi connectivity index (χ0v) is 8.87. The highest BCUT2D eigenvalue weighted by Crippen LogP contribution is 2.16. The molecule has 2 aromatic rings. The molecule has 2 heterocycles. The first-order chi connectivity index (χ1) is 6.70. The van der Waals surface area contributed by atoms with Crippen molar-refractivity contribution in [2.75, 3.05) is 0 Å². The van der Waals surface area contributed by atoms with Gasteiger partial charge in [0.05, 0.1) is 18.2 Å².